The van der Waals surface area contributed by atoms with E-state index in [1.807, 2.05) is 6.07 Å². The molecule has 0 saturated heterocycles. The Hall–Kier alpha value is -1.09. The van der Waals surface area contributed by atoms with Crippen molar-refractivity contribution in [3.8, 4) is 0 Å². The molecule has 0 radical (unpaired) electrons. The van der Waals surface area contributed by atoms with Crippen molar-refractivity contribution >= 4 is 5.69 Å². The van der Waals surface area contributed by atoms with Gasteiger partial charge < -0.3 is 10.2 Å². The van der Waals surface area contributed by atoms with Crippen LogP contribution < -0.4 is 10.2 Å². The van der Waals surface area contributed by atoms with E-state index in [9.17, 15) is 4.39 Å². The summed E-state index contributed by atoms with van der Waals surface area (Å²) in [5.74, 6) is 0.629. The number of anilines is 1. The third-order valence-electron chi connectivity index (χ3n) is 4.60. The van der Waals surface area contributed by atoms with Gasteiger partial charge in [-0.05, 0) is 56.8 Å². The molecule has 0 amide bonds. The first-order valence-electron chi connectivity index (χ1n) is 8.48. The van der Waals surface area contributed by atoms with Gasteiger partial charge in [-0.2, -0.15) is 0 Å². The Bertz CT molecular complexity index is 415. The molecule has 1 aliphatic carbocycles. The fourth-order valence-corrected chi connectivity index (χ4v) is 3.40. The summed E-state index contributed by atoms with van der Waals surface area (Å²) in [7, 11) is 0. The first-order valence-corrected chi connectivity index (χ1v) is 8.48. The first-order chi connectivity index (χ1) is 10.2. The van der Waals surface area contributed by atoms with Crippen LogP contribution in [-0.4, -0.2) is 25.7 Å². The minimum absolute atomic E-state index is 0.148. The van der Waals surface area contributed by atoms with E-state index in [1.54, 1.807) is 12.1 Å². The molecule has 2 nitrogen and oxygen atoms in total. The second kappa shape index (κ2) is 8.38. The zero-order valence-electron chi connectivity index (χ0n) is 13.4. The Balaban J connectivity index is 2.04. The average Bonchev–Trinajstić information content (AvgIpc) is 3.02. The second-order valence-corrected chi connectivity index (χ2v) is 6.12. The number of hydrogen-bond donors (Lipinski definition) is 1. The zero-order valence-corrected chi connectivity index (χ0v) is 13.4. The summed E-state index contributed by atoms with van der Waals surface area (Å²) in [6, 6.07) is 7.50. The highest BCUT2D eigenvalue weighted by Gasteiger charge is 2.26. The average molecular weight is 292 g/mol. The standard InChI is InChI=1S/C18H29FN2/c1-3-12-20-18(15-8-5-6-9-15)14-21(4-2)17-11-7-10-16(19)13-17/h7,10-11,13,15,18,20H,3-6,8-9,12,14H2,1-2H3. The van der Waals surface area contributed by atoms with Gasteiger partial charge in [0.15, 0.2) is 0 Å². The van der Waals surface area contributed by atoms with Crippen LogP contribution in [0.25, 0.3) is 0 Å². The molecular formula is C18H29FN2. The molecule has 1 unspecified atom stereocenters. The van der Waals surface area contributed by atoms with E-state index in [2.05, 4.69) is 24.1 Å². The van der Waals surface area contributed by atoms with E-state index in [-0.39, 0.29) is 5.82 Å². The first kappa shape index (κ1) is 16.3. The number of hydrogen-bond acceptors (Lipinski definition) is 2. The van der Waals surface area contributed by atoms with Crippen LogP contribution in [0.2, 0.25) is 0 Å². The SMILES string of the molecule is CCCNC(CN(CC)c1cccc(F)c1)C1CCCC1. The largest absolute Gasteiger partial charge is 0.370 e. The highest BCUT2D eigenvalue weighted by atomic mass is 19.1. The van der Waals surface area contributed by atoms with E-state index in [1.165, 1.54) is 31.7 Å². The molecule has 21 heavy (non-hydrogen) atoms. The van der Waals surface area contributed by atoms with Crippen LogP contribution in [0, 0.1) is 11.7 Å². The molecule has 1 fully saturated rings. The quantitative estimate of drug-likeness (QED) is 0.772. The monoisotopic (exact) mass is 292 g/mol. The van der Waals surface area contributed by atoms with Crippen LogP contribution in [0.5, 0.6) is 0 Å². The van der Waals surface area contributed by atoms with E-state index in [0.29, 0.717) is 6.04 Å². The molecule has 118 valence electrons. The Kier molecular flexibility index (Phi) is 6.50. The van der Waals surface area contributed by atoms with Gasteiger partial charge in [0, 0.05) is 24.8 Å². The van der Waals surface area contributed by atoms with Gasteiger partial charge in [0.1, 0.15) is 5.82 Å². The molecule has 1 aromatic rings. The fourth-order valence-electron chi connectivity index (χ4n) is 3.40. The molecule has 0 spiro atoms. The summed E-state index contributed by atoms with van der Waals surface area (Å²) in [5, 5.41) is 3.73. The Morgan fingerprint density at radius 2 is 2.05 bits per heavy atom. The van der Waals surface area contributed by atoms with Gasteiger partial charge >= 0.3 is 0 Å². The molecule has 0 aliphatic heterocycles. The lowest BCUT2D eigenvalue weighted by atomic mass is 9.97. The molecule has 0 heterocycles. The van der Waals surface area contributed by atoms with E-state index >= 15 is 0 Å². The molecular weight excluding hydrogens is 263 g/mol. The Morgan fingerprint density at radius 1 is 1.29 bits per heavy atom. The van der Waals surface area contributed by atoms with Gasteiger partial charge in [-0.15, -0.1) is 0 Å². The molecule has 1 aromatic carbocycles. The second-order valence-electron chi connectivity index (χ2n) is 6.12. The van der Waals surface area contributed by atoms with Crippen molar-refractivity contribution in [1.29, 1.82) is 0 Å². The molecule has 1 saturated carbocycles. The van der Waals surface area contributed by atoms with Gasteiger partial charge in [0.2, 0.25) is 0 Å². The number of likely N-dealkylation sites (N-methyl/N-ethyl adjacent to an activating group) is 1. The summed E-state index contributed by atoms with van der Waals surface area (Å²) < 4.78 is 13.5. The summed E-state index contributed by atoms with van der Waals surface area (Å²) in [5.41, 5.74) is 0.999. The third kappa shape index (κ3) is 4.70. The van der Waals surface area contributed by atoms with Crippen LogP contribution in [0.4, 0.5) is 10.1 Å². The van der Waals surface area contributed by atoms with Crippen LogP contribution >= 0.6 is 0 Å². The third-order valence-corrected chi connectivity index (χ3v) is 4.60. The smallest absolute Gasteiger partial charge is 0.125 e. The van der Waals surface area contributed by atoms with Crippen molar-refractivity contribution in [2.75, 3.05) is 24.5 Å². The van der Waals surface area contributed by atoms with Crippen molar-refractivity contribution in [2.45, 2.75) is 52.0 Å². The van der Waals surface area contributed by atoms with Crippen LogP contribution in [0.3, 0.4) is 0 Å². The Labute approximate surface area is 128 Å². The maximum Gasteiger partial charge on any atom is 0.125 e. The van der Waals surface area contributed by atoms with Crippen molar-refractivity contribution in [3.63, 3.8) is 0 Å². The van der Waals surface area contributed by atoms with Crippen LogP contribution in [-0.2, 0) is 0 Å². The molecule has 1 aliphatic rings. The highest BCUT2D eigenvalue weighted by molar-refractivity contribution is 5.46. The molecule has 3 heteroatoms. The maximum atomic E-state index is 13.5. The van der Waals surface area contributed by atoms with Gasteiger partial charge in [-0.25, -0.2) is 4.39 Å². The van der Waals surface area contributed by atoms with E-state index in [0.717, 1.165) is 37.7 Å². The van der Waals surface area contributed by atoms with Crippen LogP contribution in [0.1, 0.15) is 46.0 Å². The topological polar surface area (TPSA) is 15.3 Å². The van der Waals surface area contributed by atoms with Crippen molar-refractivity contribution in [3.05, 3.63) is 30.1 Å². The molecule has 1 atom stereocenters. The van der Waals surface area contributed by atoms with Crippen LogP contribution in [0.15, 0.2) is 24.3 Å². The van der Waals surface area contributed by atoms with Crippen molar-refractivity contribution < 1.29 is 4.39 Å². The minimum atomic E-state index is -0.148. The zero-order chi connectivity index (χ0) is 15.1. The minimum Gasteiger partial charge on any atom is -0.370 e. The van der Waals surface area contributed by atoms with Gasteiger partial charge in [0.05, 0.1) is 0 Å². The summed E-state index contributed by atoms with van der Waals surface area (Å²) in [4.78, 5) is 2.30. The normalized spacial score (nSPS) is 17.1. The molecule has 0 aromatic heterocycles. The number of nitrogens with one attached hydrogen (secondary N) is 1. The van der Waals surface area contributed by atoms with Crippen molar-refractivity contribution in [1.82, 2.24) is 5.32 Å². The Morgan fingerprint density at radius 3 is 2.67 bits per heavy atom. The summed E-state index contributed by atoms with van der Waals surface area (Å²) in [6.45, 7) is 7.33. The fraction of sp³-hybridized carbons (Fsp3) is 0.667. The predicted molar refractivity (Wildman–Crippen MR) is 88.3 cm³/mol. The summed E-state index contributed by atoms with van der Waals surface area (Å²) >= 11 is 0. The lowest BCUT2D eigenvalue weighted by molar-refractivity contribution is 0.359. The van der Waals surface area contributed by atoms with Gasteiger partial charge in [-0.3, -0.25) is 0 Å². The lowest BCUT2D eigenvalue weighted by Gasteiger charge is -2.32. The molecule has 2 rings (SSSR count). The van der Waals surface area contributed by atoms with E-state index in [4.69, 9.17) is 0 Å². The number of rotatable bonds is 8. The number of nitrogens with zero attached hydrogens (tertiary/aromatic N) is 1. The van der Waals surface area contributed by atoms with Crippen molar-refractivity contribution in [2.24, 2.45) is 5.92 Å². The van der Waals surface area contributed by atoms with E-state index < -0.39 is 0 Å². The number of halogens is 1. The summed E-state index contributed by atoms with van der Waals surface area (Å²) in [6.07, 6.45) is 6.56. The van der Waals surface area contributed by atoms with Gasteiger partial charge in [0.25, 0.3) is 0 Å². The maximum absolute atomic E-state index is 13.5. The molecule has 0 bridgehead atoms. The highest BCUT2D eigenvalue weighted by Crippen LogP contribution is 2.29. The lowest BCUT2D eigenvalue weighted by Crippen LogP contribution is -2.45. The number of benzene rings is 1. The van der Waals surface area contributed by atoms with Gasteiger partial charge in [-0.1, -0.05) is 25.8 Å². The molecule has 1 N–H and O–H groups in total. The predicted octanol–water partition coefficient (Wildman–Crippen LogP) is 4.21.